The van der Waals surface area contributed by atoms with Gasteiger partial charge in [0.2, 0.25) is 17.2 Å². The zero-order valence-corrected chi connectivity index (χ0v) is 50.4. The minimum absolute atomic E-state index is 0. The summed E-state index contributed by atoms with van der Waals surface area (Å²) >= 11 is 7.42. The van der Waals surface area contributed by atoms with Crippen molar-refractivity contribution in [2.75, 3.05) is 28.7 Å². The van der Waals surface area contributed by atoms with Gasteiger partial charge in [-0.25, -0.2) is 16.8 Å². The molecule has 0 aliphatic heterocycles. The first-order chi connectivity index (χ1) is 32.5. The Hall–Kier alpha value is -1.92. The summed E-state index contributed by atoms with van der Waals surface area (Å²) in [4.78, 5) is 22.5. The van der Waals surface area contributed by atoms with Crippen LogP contribution in [0.1, 0.15) is 6.92 Å². The second-order valence-corrected chi connectivity index (χ2v) is 18.7. The molecule has 0 aliphatic rings. The van der Waals surface area contributed by atoms with Crippen LogP contribution in [0, 0.1) is 0 Å². The first kappa shape index (κ1) is 66.2. The van der Waals surface area contributed by atoms with E-state index < -0.39 is 48.0 Å². The number of nitrogens with two attached hydrogens (primary N) is 1. The molecule has 0 aliphatic carbocycles. The van der Waals surface area contributed by atoms with Gasteiger partial charge in [-0.2, -0.15) is 33.1 Å². The van der Waals surface area contributed by atoms with E-state index >= 15 is 0 Å². The Morgan fingerprint density at radius 3 is 1.96 bits per heavy atom. The molecule has 0 fully saturated rings. The fraction of sp³-hybridized carbons (Fsp3) is 0.0857. The van der Waals surface area contributed by atoms with Crippen molar-refractivity contribution in [3.05, 3.63) is 84.1 Å². The fourth-order valence-electron chi connectivity index (χ4n) is 5.54. The van der Waals surface area contributed by atoms with Gasteiger partial charge in [-0.15, -0.1) is 15.3 Å². The number of anilines is 5. The van der Waals surface area contributed by atoms with Gasteiger partial charge in [0.05, 0.1) is 78.2 Å². The number of azo groups is 2. The quantitative estimate of drug-likeness (QED) is 0.00717. The van der Waals surface area contributed by atoms with Crippen LogP contribution in [-0.4, -0.2) is 59.8 Å². The Bertz CT molecular complexity index is 3130. The molecule has 1 aromatic heterocycles. The zero-order chi connectivity index (χ0) is 49.0. The van der Waals surface area contributed by atoms with E-state index in [2.05, 4.69) is 74.2 Å². The van der Waals surface area contributed by atoms with Gasteiger partial charge in [0.1, 0.15) is 33.8 Å². The number of phenols is 1. The van der Waals surface area contributed by atoms with Gasteiger partial charge in [-0.1, -0.05) is 6.07 Å². The number of benzene rings is 5. The Morgan fingerprint density at radius 1 is 0.750 bits per heavy atom. The molecule has 1 heterocycles. The van der Waals surface area contributed by atoms with E-state index in [0.717, 1.165) is 19.1 Å². The number of nitrogens with one attached hydrogen (secondary N) is 2. The first-order valence-corrected chi connectivity index (χ1v) is 23.6. The molecule has 0 unspecified atom stereocenters. The van der Waals surface area contributed by atoms with Crippen LogP contribution in [0.3, 0.4) is 0 Å². The van der Waals surface area contributed by atoms with Crippen molar-refractivity contribution in [2.45, 2.75) is 31.4 Å². The third kappa shape index (κ3) is 18.7. The number of esters is 1. The number of rotatable bonds is 22. The monoisotopic (exact) mass is 1140 g/mol. The maximum absolute atomic E-state index is 12.8. The normalized spacial score (nSPS) is 11.4. The average molecular weight is 1150 g/mol. The SMILES string of the molecule is CC(=O)OCCS(=O)(=O)c1cccc(Nc2nc(Cl)nc(Nc3ccc(SOO[O-])c(N=Nc4c(S(=O)(=O)[O-])cc5cc(SOO[O-])c(N=Nc6ccc(SOO[O-])cc6)c(N)c5c4O)c3)n2)c1.[Na+].[Na+].[Na+].[Na+]. The largest absolute Gasteiger partial charge is 1.00 e. The fourth-order valence-corrected chi connectivity index (χ4v) is 8.75. The third-order valence-electron chi connectivity index (χ3n) is 8.33. The number of hydrogen-bond acceptors (Lipinski definition) is 30. The minimum Gasteiger partial charge on any atom is -0.744 e. The number of halogens is 1. The van der Waals surface area contributed by atoms with Crippen molar-refractivity contribution in [2.24, 2.45) is 20.5 Å². The summed E-state index contributed by atoms with van der Waals surface area (Å²) in [6, 6.07) is 17.4. The van der Waals surface area contributed by atoms with Crippen molar-refractivity contribution in [1.29, 1.82) is 0 Å². The van der Waals surface area contributed by atoms with Crippen LogP contribution in [0.5, 0.6) is 5.75 Å². The van der Waals surface area contributed by atoms with E-state index in [1.165, 1.54) is 66.7 Å². The molecular weight excluding hydrogens is 1120 g/mol. The number of aromatic hydroxyl groups is 1. The first-order valence-electron chi connectivity index (χ1n) is 18.0. The topological polar surface area (TPSA) is 401 Å². The molecule has 27 nitrogen and oxygen atoms in total. The number of ether oxygens (including phenoxy) is 1. The smallest absolute Gasteiger partial charge is 0.744 e. The summed E-state index contributed by atoms with van der Waals surface area (Å²) in [6.45, 7) is 0.794. The van der Waals surface area contributed by atoms with E-state index in [0.29, 0.717) is 29.0 Å². The number of carbonyl (C=O) groups is 1. The van der Waals surface area contributed by atoms with Crippen LogP contribution in [-0.2, 0) is 57.6 Å². The summed E-state index contributed by atoms with van der Waals surface area (Å²) in [6.07, 6.45) is 0. The molecule has 5 N–H and O–H groups in total. The number of nitrogens with zero attached hydrogens (tertiary/aromatic N) is 7. The Kier molecular flexibility index (Phi) is 28.8. The summed E-state index contributed by atoms with van der Waals surface area (Å²) < 4.78 is 81.5. The third-order valence-corrected chi connectivity index (χ3v) is 12.9. The number of fused-ring (bicyclic) bond motifs is 1. The van der Waals surface area contributed by atoms with Crippen molar-refractivity contribution < 1.29 is 198 Å². The van der Waals surface area contributed by atoms with Crippen LogP contribution in [0.15, 0.2) is 124 Å². The van der Waals surface area contributed by atoms with E-state index in [-0.39, 0.29) is 214 Å². The molecule has 5 aromatic carbocycles. The number of sulfone groups is 1. The maximum atomic E-state index is 12.8. The van der Waals surface area contributed by atoms with E-state index in [4.69, 9.17) is 22.1 Å². The molecule has 0 saturated carbocycles. The average Bonchev–Trinajstić information content (AvgIpc) is 3.28. The van der Waals surface area contributed by atoms with Gasteiger partial charge in [-0.05, 0) is 89.8 Å². The van der Waals surface area contributed by atoms with Crippen molar-refractivity contribution >= 4 is 136 Å². The minimum atomic E-state index is -5.47. The molecule has 358 valence electrons. The van der Waals surface area contributed by atoms with Gasteiger partial charge >= 0.3 is 124 Å². The molecule has 0 saturated heterocycles. The molecule has 0 atom stereocenters. The van der Waals surface area contributed by atoms with Crippen molar-refractivity contribution in [3.63, 3.8) is 0 Å². The van der Waals surface area contributed by atoms with Gasteiger partial charge in [-0.3, -0.25) is 19.9 Å². The summed E-state index contributed by atoms with van der Waals surface area (Å²) in [5, 5.41) is 74.4. The van der Waals surface area contributed by atoms with Crippen molar-refractivity contribution in [1.82, 2.24) is 15.0 Å². The molecular formula is C35H25ClN10Na4O17S5. The predicted octanol–water partition coefficient (Wildman–Crippen LogP) is -6.77. The van der Waals surface area contributed by atoms with E-state index in [9.17, 15) is 47.1 Å². The predicted molar refractivity (Wildman–Crippen MR) is 230 cm³/mol. The molecule has 6 aromatic rings. The maximum Gasteiger partial charge on any atom is 1.00 e. The Morgan fingerprint density at radius 2 is 1.35 bits per heavy atom. The van der Waals surface area contributed by atoms with Gasteiger partial charge in [0, 0.05) is 23.2 Å². The van der Waals surface area contributed by atoms with Gasteiger partial charge < -0.3 is 46.5 Å². The van der Waals surface area contributed by atoms with E-state index in [1.54, 1.807) is 0 Å². The second-order valence-electron chi connectivity index (χ2n) is 12.7. The van der Waals surface area contributed by atoms with Crippen LogP contribution in [0.25, 0.3) is 10.8 Å². The Labute approximate surface area is 513 Å². The van der Waals surface area contributed by atoms with Crippen LogP contribution >= 0.6 is 47.7 Å². The second kappa shape index (κ2) is 31.3. The van der Waals surface area contributed by atoms with Crippen LogP contribution < -0.4 is 150 Å². The number of aromatic nitrogens is 3. The molecule has 72 heavy (non-hydrogen) atoms. The number of nitrogen functional groups attached to an aromatic ring is 1. The standard InChI is InChI=1S/C35H29ClN10O17S5.4Na/c1-17(47)57-11-12-67(52,53)23-4-2-3-20(15-23)38-34-40-33(36)41-35(42-34)39-21-7-10-25(65-62-59-50)24(16-21)44-46-31-27(68(54,55)56)14-18-13-26(66-63-60-51)30(29(37)28(18)32(31)48)45-43-19-5-8-22(9-6-19)64-61-58-49;;;;/h2-10,13-16,48-51H,11-12,37H2,1H3,(H,54,55,56)(H2,38,39,40,41,42);;;;/q;4*+1/p-4. The number of phenolic OH excluding ortho intramolecular Hbond substituents is 1. The van der Waals surface area contributed by atoms with Crippen LogP contribution in [0.2, 0.25) is 5.28 Å². The molecule has 0 radical (unpaired) electrons. The summed E-state index contributed by atoms with van der Waals surface area (Å²) in [7, 11) is -9.34. The molecule has 0 spiro atoms. The zero-order valence-electron chi connectivity index (χ0n) is 37.5. The molecule has 6 rings (SSSR count). The molecule has 0 amide bonds. The van der Waals surface area contributed by atoms with Gasteiger partial charge in [0.25, 0.3) is 0 Å². The molecule has 0 bridgehead atoms. The number of hydrogen-bond donors (Lipinski definition) is 4. The Balaban J connectivity index is 0.00000444. The number of carbonyl (C=O) groups excluding carboxylic acids is 1. The summed E-state index contributed by atoms with van der Waals surface area (Å²) in [5.41, 5.74) is 5.28. The van der Waals surface area contributed by atoms with Crippen LogP contribution in [0.4, 0.5) is 51.7 Å². The van der Waals surface area contributed by atoms with Crippen molar-refractivity contribution in [3.8, 4) is 5.75 Å². The summed E-state index contributed by atoms with van der Waals surface area (Å²) in [5.74, 6) is -2.43. The van der Waals surface area contributed by atoms with Gasteiger partial charge in [0.15, 0.2) is 15.6 Å². The molecule has 37 heteroatoms. The van der Waals surface area contributed by atoms with E-state index in [1.807, 2.05) is 0 Å².